The normalized spacial score (nSPS) is 11.5. The molecule has 0 fully saturated rings. The summed E-state index contributed by atoms with van der Waals surface area (Å²) < 4.78 is 54.0. The monoisotopic (exact) mass is 419 g/mol. The lowest BCUT2D eigenvalue weighted by Gasteiger charge is -2.13. The number of nitrogens with one attached hydrogen (secondary N) is 1. The first-order chi connectivity index (χ1) is 14.2. The van der Waals surface area contributed by atoms with Gasteiger partial charge in [-0.05, 0) is 56.2 Å². The zero-order valence-electron chi connectivity index (χ0n) is 16.6. The number of hydrogen-bond acceptors (Lipinski definition) is 2. The number of aryl methyl sites for hydroxylation is 1. The molecule has 0 bridgehead atoms. The van der Waals surface area contributed by atoms with Crippen molar-refractivity contribution in [3.63, 3.8) is 0 Å². The summed E-state index contributed by atoms with van der Waals surface area (Å²) in [5.74, 6) is -0.656. The molecule has 2 aromatic carbocycles. The Balaban J connectivity index is 1.64. The molecule has 0 aliphatic rings. The van der Waals surface area contributed by atoms with Crippen molar-refractivity contribution < 1.29 is 22.4 Å². The smallest absolute Gasteiger partial charge is 0.355 e. The van der Waals surface area contributed by atoms with E-state index in [1.54, 1.807) is 29.8 Å². The first-order valence-electron chi connectivity index (χ1n) is 9.39. The van der Waals surface area contributed by atoms with E-state index < -0.39 is 11.7 Å². The molecule has 3 aromatic rings. The summed E-state index contributed by atoms with van der Waals surface area (Å²) in [6, 6.07) is 11.2. The summed E-state index contributed by atoms with van der Waals surface area (Å²) in [5, 5.41) is 7.10. The largest absolute Gasteiger partial charge is 0.416 e. The van der Waals surface area contributed by atoms with E-state index in [2.05, 4.69) is 10.4 Å². The van der Waals surface area contributed by atoms with Crippen LogP contribution in [0.2, 0.25) is 0 Å². The SMILES string of the molecule is Cc1nn(-c2ccc(F)cc2)c(C)c1CC(=O)NCCc1ccccc1C(F)(F)F. The first kappa shape index (κ1) is 21.5. The van der Waals surface area contributed by atoms with Crippen LogP contribution in [0.5, 0.6) is 0 Å². The van der Waals surface area contributed by atoms with Gasteiger partial charge in [0.15, 0.2) is 0 Å². The lowest BCUT2D eigenvalue weighted by molar-refractivity contribution is -0.138. The summed E-state index contributed by atoms with van der Waals surface area (Å²) in [6.45, 7) is 3.68. The van der Waals surface area contributed by atoms with E-state index in [1.165, 1.54) is 24.3 Å². The molecule has 3 rings (SSSR count). The standard InChI is InChI=1S/C22H21F4N3O/c1-14-19(15(2)29(28-14)18-9-7-17(23)8-10-18)13-21(30)27-12-11-16-5-3-4-6-20(16)22(24,25)26/h3-10H,11-13H2,1-2H3,(H,27,30). The van der Waals surface area contributed by atoms with Crippen LogP contribution in [0.1, 0.15) is 28.1 Å². The number of rotatable bonds is 6. The van der Waals surface area contributed by atoms with Crippen molar-refractivity contribution >= 4 is 5.91 Å². The third-order valence-corrected chi connectivity index (χ3v) is 4.89. The van der Waals surface area contributed by atoms with Crippen LogP contribution in [0.15, 0.2) is 48.5 Å². The maximum Gasteiger partial charge on any atom is 0.416 e. The fourth-order valence-corrected chi connectivity index (χ4v) is 3.34. The molecule has 0 unspecified atom stereocenters. The van der Waals surface area contributed by atoms with Crippen molar-refractivity contribution in [3.8, 4) is 5.69 Å². The molecule has 4 nitrogen and oxygen atoms in total. The maximum atomic E-state index is 13.1. The summed E-state index contributed by atoms with van der Waals surface area (Å²) in [7, 11) is 0. The Hall–Kier alpha value is -3.16. The highest BCUT2D eigenvalue weighted by Gasteiger charge is 2.32. The Morgan fingerprint density at radius 2 is 1.73 bits per heavy atom. The molecule has 0 saturated carbocycles. The third kappa shape index (κ3) is 4.87. The third-order valence-electron chi connectivity index (χ3n) is 4.89. The molecule has 30 heavy (non-hydrogen) atoms. The van der Waals surface area contributed by atoms with Gasteiger partial charge in [-0.2, -0.15) is 18.3 Å². The van der Waals surface area contributed by atoms with Crippen LogP contribution in [0.4, 0.5) is 17.6 Å². The molecule has 0 saturated heterocycles. The summed E-state index contributed by atoms with van der Waals surface area (Å²) in [5.41, 5.74) is 2.26. The molecule has 1 heterocycles. The summed E-state index contributed by atoms with van der Waals surface area (Å²) in [4.78, 5) is 12.4. The number of aromatic nitrogens is 2. The second kappa shape index (κ2) is 8.69. The van der Waals surface area contributed by atoms with Gasteiger partial charge in [0, 0.05) is 17.8 Å². The molecule has 0 radical (unpaired) electrons. The minimum Gasteiger partial charge on any atom is -0.355 e. The van der Waals surface area contributed by atoms with Crippen LogP contribution >= 0.6 is 0 Å². The lowest BCUT2D eigenvalue weighted by atomic mass is 10.0. The van der Waals surface area contributed by atoms with E-state index in [0.29, 0.717) is 11.4 Å². The van der Waals surface area contributed by atoms with Crippen LogP contribution in [-0.2, 0) is 23.8 Å². The van der Waals surface area contributed by atoms with Crippen LogP contribution in [0.3, 0.4) is 0 Å². The second-order valence-electron chi connectivity index (χ2n) is 6.97. The molecular weight excluding hydrogens is 398 g/mol. The average molecular weight is 419 g/mol. The molecule has 0 aliphatic heterocycles. The Labute approximate surface area is 171 Å². The Morgan fingerprint density at radius 1 is 1.07 bits per heavy atom. The first-order valence-corrected chi connectivity index (χ1v) is 9.39. The van der Waals surface area contributed by atoms with E-state index in [4.69, 9.17) is 0 Å². The van der Waals surface area contributed by atoms with E-state index in [9.17, 15) is 22.4 Å². The number of benzene rings is 2. The van der Waals surface area contributed by atoms with Crippen LogP contribution in [0, 0.1) is 19.7 Å². The van der Waals surface area contributed by atoms with E-state index in [0.717, 1.165) is 17.3 Å². The van der Waals surface area contributed by atoms with Gasteiger partial charge in [-0.3, -0.25) is 4.79 Å². The minimum atomic E-state index is -4.43. The second-order valence-corrected chi connectivity index (χ2v) is 6.97. The Bertz CT molecular complexity index is 1040. The lowest BCUT2D eigenvalue weighted by Crippen LogP contribution is -2.28. The number of halogens is 4. The van der Waals surface area contributed by atoms with Crippen molar-refractivity contribution in [3.05, 3.63) is 82.4 Å². The van der Waals surface area contributed by atoms with E-state index in [-0.39, 0.29) is 36.7 Å². The highest BCUT2D eigenvalue weighted by atomic mass is 19.4. The predicted octanol–water partition coefficient (Wildman–Crippen LogP) is 4.55. The quantitative estimate of drug-likeness (QED) is 0.596. The fraction of sp³-hybridized carbons (Fsp3) is 0.273. The van der Waals surface area contributed by atoms with Crippen LogP contribution < -0.4 is 5.32 Å². The van der Waals surface area contributed by atoms with Crippen molar-refractivity contribution in [1.29, 1.82) is 0 Å². The zero-order valence-corrected chi connectivity index (χ0v) is 16.6. The number of amides is 1. The Kier molecular flexibility index (Phi) is 6.24. The van der Waals surface area contributed by atoms with Crippen LogP contribution in [0.25, 0.3) is 5.69 Å². The van der Waals surface area contributed by atoms with Gasteiger partial charge in [-0.25, -0.2) is 9.07 Å². The highest BCUT2D eigenvalue weighted by molar-refractivity contribution is 5.79. The molecule has 0 aliphatic carbocycles. The van der Waals surface area contributed by atoms with Gasteiger partial charge < -0.3 is 5.32 Å². The number of carbonyl (C=O) groups excluding carboxylic acids is 1. The van der Waals surface area contributed by atoms with Gasteiger partial charge >= 0.3 is 6.18 Å². The van der Waals surface area contributed by atoms with Crippen molar-refractivity contribution in [1.82, 2.24) is 15.1 Å². The van der Waals surface area contributed by atoms with Gasteiger partial charge in [0.1, 0.15) is 5.82 Å². The van der Waals surface area contributed by atoms with Gasteiger partial charge in [0.05, 0.1) is 23.4 Å². The number of carbonyl (C=O) groups is 1. The molecule has 1 N–H and O–H groups in total. The topological polar surface area (TPSA) is 46.9 Å². The molecular formula is C22H21F4N3O. The molecule has 8 heteroatoms. The van der Waals surface area contributed by atoms with Gasteiger partial charge in [-0.1, -0.05) is 18.2 Å². The number of hydrogen-bond donors (Lipinski definition) is 1. The van der Waals surface area contributed by atoms with Crippen molar-refractivity contribution in [2.24, 2.45) is 0 Å². The molecule has 1 aromatic heterocycles. The Morgan fingerprint density at radius 3 is 2.40 bits per heavy atom. The fourth-order valence-electron chi connectivity index (χ4n) is 3.34. The van der Waals surface area contributed by atoms with Crippen molar-refractivity contribution in [2.45, 2.75) is 32.9 Å². The molecule has 158 valence electrons. The van der Waals surface area contributed by atoms with E-state index >= 15 is 0 Å². The van der Waals surface area contributed by atoms with Crippen molar-refractivity contribution in [2.75, 3.05) is 6.54 Å². The van der Waals surface area contributed by atoms with E-state index in [1.807, 2.05) is 6.92 Å². The van der Waals surface area contributed by atoms with Gasteiger partial charge in [-0.15, -0.1) is 0 Å². The molecule has 0 spiro atoms. The zero-order chi connectivity index (χ0) is 21.9. The predicted molar refractivity (Wildman–Crippen MR) is 105 cm³/mol. The number of nitrogens with zero attached hydrogens (tertiary/aromatic N) is 2. The van der Waals surface area contributed by atoms with Gasteiger partial charge in [0.25, 0.3) is 0 Å². The van der Waals surface area contributed by atoms with Gasteiger partial charge in [0.2, 0.25) is 5.91 Å². The molecule has 1 amide bonds. The van der Waals surface area contributed by atoms with Crippen LogP contribution in [-0.4, -0.2) is 22.2 Å². The summed E-state index contributed by atoms with van der Waals surface area (Å²) >= 11 is 0. The summed E-state index contributed by atoms with van der Waals surface area (Å²) in [6.07, 6.45) is -4.29. The number of alkyl halides is 3. The molecule has 0 atom stereocenters. The minimum absolute atomic E-state index is 0.0553. The average Bonchev–Trinajstić information content (AvgIpc) is 2.96. The maximum absolute atomic E-state index is 13.1. The highest BCUT2D eigenvalue weighted by Crippen LogP contribution is 2.31.